The van der Waals surface area contributed by atoms with Crippen molar-refractivity contribution in [3.63, 3.8) is 0 Å². The van der Waals surface area contributed by atoms with Gasteiger partial charge in [-0.2, -0.15) is 0 Å². The zero-order valence-corrected chi connectivity index (χ0v) is 27.8. The number of benzene rings is 3. The van der Waals surface area contributed by atoms with Crippen LogP contribution in [-0.2, 0) is 20.7 Å². The highest BCUT2D eigenvalue weighted by atomic mass is 16.7. The first-order chi connectivity index (χ1) is 21.8. The first-order valence-corrected chi connectivity index (χ1v) is 16.5. The minimum atomic E-state index is -0.538. The molecule has 3 aliphatic heterocycles. The highest BCUT2D eigenvalue weighted by Gasteiger charge is 2.52. The topological polar surface area (TPSA) is 85.9 Å². The number of hydrogen-bond donors (Lipinski definition) is 1. The molecule has 4 aromatic rings. The van der Waals surface area contributed by atoms with Crippen LogP contribution in [0.3, 0.4) is 0 Å². The summed E-state index contributed by atoms with van der Waals surface area (Å²) in [6.45, 7) is 14.5. The fraction of sp³-hybridized carbons (Fsp3) is 0.459. The molecule has 8 nitrogen and oxygen atoms in total. The number of hydrogen-bond acceptors (Lipinski definition) is 6. The molecule has 46 heavy (non-hydrogen) atoms. The Kier molecular flexibility index (Phi) is 6.49. The van der Waals surface area contributed by atoms with Gasteiger partial charge in [0.05, 0.1) is 28.3 Å². The van der Waals surface area contributed by atoms with Crippen LogP contribution < -0.4 is 10.2 Å². The maximum absolute atomic E-state index is 13.2. The van der Waals surface area contributed by atoms with Crippen LogP contribution in [0.1, 0.15) is 85.2 Å². The maximum atomic E-state index is 13.2. The van der Waals surface area contributed by atoms with E-state index in [0.717, 1.165) is 69.6 Å². The second-order valence-electron chi connectivity index (χ2n) is 15.4. The third kappa shape index (κ3) is 4.82. The van der Waals surface area contributed by atoms with E-state index in [2.05, 4.69) is 87.3 Å². The molecular formula is C37H42BN3O5. The highest BCUT2D eigenvalue weighted by molar-refractivity contribution is 6.62. The lowest BCUT2D eigenvalue weighted by Gasteiger charge is -2.35. The van der Waals surface area contributed by atoms with Gasteiger partial charge in [-0.15, -0.1) is 0 Å². The molecule has 1 N–H and O–H groups in total. The first-order valence-electron chi connectivity index (χ1n) is 16.5. The van der Waals surface area contributed by atoms with Crippen molar-refractivity contribution in [1.29, 1.82) is 0 Å². The van der Waals surface area contributed by atoms with Gasteiger partial charge in [-0.05, 0) is 120 Å². The number of nitrogens with one attached hydrogen (secondary N) is 1. The summed E-state index contributed by atoms with van der Waals surface area (Å²) in [5.74, 6) is 2.11. The Morgan fingerprint density at radius 1 is 0.957 bits per heavy atom. The molecule has 238 valence electrons. The average Bonchev–Trinajstić information content (AvgIpc) is 3.76. The van der Waals surface area contributed by atoms with Crippen molar-refractivity contribution in [2.45, 2.75) is 103 Å². The van der Waals surface area contributed by atoms with Crippen molar-refractivity contribution in [3.8, 4) is 28.0 Å². The molecule has 1 saturated carbocycles. The number of fused-ring (bicyclic) bond motifs is 6. The number of amides is 1. The Hall–Kier alpha value is -3.82. The summed E-state index contributed by atoms with van der Waals surface area (Å²) in [6, 6.07) is 19.3. The number of carbonyl (C=O) groups excluding carboxylic acids is 1. The zero-order chi connectivity index (χ0) is 32.2. The van der Waals surface area contributed by atoms with Crippen molar-refractivity contribution >= 4 is 29.7 Å². The second-order valence-corrected chi connectivity index (χ2v) is 15.4. The SMILES string of the molecule is CC(C)(C)OC(=O)N1[C@@H]2CC[C@@H](C2)[C@H]1c1nc2ccc(-c3ccc4c(c3)OCc3cc(B5OC(C)(C)C(C)(C)O5)ccc3-4)cc2[nH]1. The smallest absolute Gasteiger partial charge is 0.488 e. The van der Waals surface area contributed by atoms with Crippen molar-refractivity contribution in [3.05, 3.63) is 66.0 Å². The number of rotatable bonds is 3. The molecule has 0 unspecified atom stereocenters. The maximum Gasteiger partial charge on any atom is 0.494 e. The van der Waals surface area contributed by atoms with Crippen LogP contribution in [0.5, 0.6) is 5.75 Å². The van der Waals surface area contributed by atoms with Gasteiger partial charge in [-0.1, -0.05) is 36.4 Å². The minimum absolute atomic E-state index is 0.0908. The molecule has 3 atom stereocenters. The Balaban J connectivity index is 1.05. The lowest BCUT2D eigenvalue weighted by Crippen LogP contribution is -2.43. The van der Waals surface area contributed by atoms with E-state index in [-0.39, 0.29) is 29.4 Å². The lowest BCUT2D eigenvalue weighted by atomic mass is 9.77. The van der Waals surface area contributed by atoms with E-state index in [4.69, 9.17) is 23.8 Å². The van der Waals surface area contributed by atoms with E-state index in [1.54, 1.807) is 0 Å². The van der Waals surface area contributed by atoms with Crippen LogP contribution >= 0.6 is 0 Å². The number of piperidine rings is 1. The highest BCUT2D eigenvalue weighted by Crippen LogP contribution is 2.50. The Morgan fingerprint density at radius 3 is 2.43 bits per heavy atom. The van der Waals surface area contributed by atoms with Crippen molar-refractivity contribution in [2.24, 2.45) is 5.92 Å². The monoisotopic (exact) mass is 619 g/mol. The predicted octanol–water partition coefficient (Wildman–Crippen LogP) is 7.55. The molecule has 2 saturated heterocycles. The van der Waals surface area contributed by atoms with E-state index in [1.807, 2.05) is 25.7 Å². The molecule has 1 amide bonds. The van der Waals surface area contributed by atoms with E-state index in [1.165, 1.54) is 5.56 Å². The molecule has 3 aromatic carbocycles. The Labute approximate surface area is 270 Å². The van der Waals surface area contributed by atoms with Crippen LogP contribution in [0, 0.1) is 5.92 Å². The summed E-state index contributed by atoms with van der Waals surface area (Å²) < 4.78 is 24.7. The first kappa shape index (κ1) is 29.6. The summed E-state index contributed by atoms with van der Waals surface area (Å²) in [7, 11) is -0.402. The molecule has 4 heterocycles. The molecule has 0 spiro atoms. The molecular weight excluding hydrogens is 577 g/mol. The summed E-state index contributed by atoms with van der Waals surface area (Å²) in [5.41, 5.74) is 7.07. The lowest BCUT2D eigenvalue weighted by molar-refractivity contribution is 0.00578. The number of aromatic nitrogens is 2. The van der Waals surface area contributed by atoms with Crippen LogP contribution in [0.4, 0.5) is 4.79 Å². The number of nitrogens with zero attached hydrogens (tertiary/aromatic N) is 2. The molecule has 1 aromatic heterocycles. The van der Waals surface area contributed by atoms with Gasteiger partial charge in [0, 0.05) is 11.6 Å². The molecule has 0 radical (unpaired) electrons. The molecule has 8 rings (SSSR count). The molecule has 3 fully saturated rings. The van der Waals surface area contributed by atoms with Gasteiger partial charge in [0.15, 0.2) is 0 Å². The van der Waals surface area contributed by atoms with E-state index < -0.39 is 12.7 Å². The van der Waals surface area contributed by atoms with E-state index in [0.29, 0.717) is 12.5 Å². The fourth-order valence-corrected chi connectivity index (χ4v) is 7.59. The summed E-state index contributed by atoms with van der Waals surface area (Å²) >= 11 is 0. The van der Waals surface area contributed by atoms with Gasteiger partial charge in [0.1, 0.15) is 23.8 Å². The van der Waals surface area contributed by atoms with E-state index in [9.17, 15) is 4.79 Å². The number of likely N-dealkylation sites (tertiary alicyclic amines) is 1. The largest absolute Gasteiger partial charge is 0.494 e. The van der Waals surface area contributed by atoms with Gasteiger partial charge in [0.2, 0.25) is 0 Å². The van der Waals surface area contributed by atoms with Crippen LogP contribution in [0.2, 0.25) is 0 Å². The number of ether oxygens (including phenoxy) is 2. The van der Waals surface area contributed by atoms with Crippen LogP contribution in [0.15, 0.2) is 54.6 Å². The van der Waals surface area contributed by atoms with Gasteiger partial charge < -0.3 is 23.8 Å². The summed E-state index contributed by atoms with van der Waals surface area (Å²) in [6.07, 6.45) is 2.89. The number of aromatic amines is 1. The molecule has 4 aliphatic rings. The third-order valence-electron chi connectivity index (χ3n) is 10.6. The van der Waals surface area contributed by atoms with Gasteiger partial charge in [-0.3, -0.25) is 4.90 Å². The second kappa shape index (κ2) is 10.1. The van der Waals surface area contributed by atoms with Gasteiger partial charge in [-0.25, -0.2) is 9.78 Å². The van der Waals surface area contributed by atoms with Crippen molar-refractivity contribution < 1.29 is 23.6 Å². The van der Waals surface area contributed by atoms with Gasteiger partial charge >= 0.3 is 13.2 Å². The van der Waals surface area contributed by atoms with Crippen molar-refractivity contribution in [1.82, 2.24) is 14.9 Å². The Morgan fingerprint density at radius 2 is 1.67 bits per heavy atom. The molecule has 1 aliphatic carbocycles. The summed E-state index contributed by atoms with van der Waals surface area (Å²) in [4.78, 5) is 23.7. The summed E-state index contributed by atoms with van der Waals surface area (Å²) in [5, 5.41) is 0. The number of imidazole rings is 1. The predicted molar refractivity (Wildman–Crippen MR) is 179 cm³/mol. The van der Waals surface area contributed by atoms with Crippen molar-refractivity contribution in [2.75, 3.05) is 0 Å². The standard InChI is InChI=1S/C37H42BN3O5/c1-35(2,3)44-34(42)41-26-12-8-23(17-26)32(41)33-39-29-15-10-21(18-30(29)40-33)22-9-13-28-27-14-11-25(16-24(27)20-43-31(28)19-22)38-45-36(4,5)37(6,7)46-38/h9-11,13-16,18-19,23,26,32H,8,12,17,20H2,1-7H3,(H,39,40)/t23-,26+,32-/m0/s1. The third-order valence-corrected chi connectivity index (χ3v) is 10.6. The average molecular weight is 620 g/mol. The quantitative estimate of drug-likeness (QED) is 0.239. The van der Waals surface area contributed by atoms with E-state index >= 15 is 0 Å². The fourth-order valence-electron chi connectivity index (χ4n) is 7.59. The minimum Gasteiger partial charge on any atom is -0.488 e. The normalized spacial score (nSPS) is 24.2. The molecule has 9 heteroatoms. The van der Waals surface area contributed by atoms with Crippen LogP contribution in [0.25, 0.3) is 33.3 Å². The van der Waals surface area contributed by atoms with Crippen LogP contribution in [-0.4, -0.2) is 50.9 Å². The number of carbonyl (C=O) groups is 1. The van der Waals surface area contributed by atoms with Gasteiger partial charge in [0.25, 0.3) is 0 Å². The molecule has 2 bridgehead atoms. The number of H-pyrrole nitrogens is 1. The zero-order valence-electron chi connectivity index (χ0n) is 27.8. The Bertz CT molecular complexity index is 1860.